The average molecular weight is 386 g/mol. The second-order valence-corrected chi connectivity index (χ2v) is 11.2. The monoisotopic (exact) mass is 385 g/mol. The van der Waals surface area contributed by atoms with E-state index in [0.29, 0.717) is 5.41 Å². The Morgan fingerprint density at radius 3 is 1.71 bits per heavy atom. The molecule has 1 nitrogen and oxygen atoms in total. The van der Waals surface area contributed by atoms with Crippen LogP contribution in [0, 0.1) is 33.5 Å². The van der Waals surface area contributed by atoms with Crippen LogP contribution in [0.3, 0.4) is 0 Å². The summed E-state index contributed by atoms with van der Waals surface area (Å²) in [5.74, 6) is 0.933. The van der Waals surface area contributed by atoms with Crippen LogP contribution in [0.15, 0.2) is 0 Å². The van der Waals surface area contributed by atoms with Gasteiger partial charge in [0.05, 0.1) is 11.5 Å². The van der Waals surface area contributed by atoms with Gasteiger partial charge in [0.2, 0.25) is 0 Å². The Morgan fingerprint density at radius 1 is 0.679 bits per heavy atom. The fraction of sp³-hybridized carbons (Fsp3) is 0.963. The van der Waals surface area contributed by atoms with Gasteiger partial charge < -0.3 is 0 Å². The predicted octanol–water partition coefficient (Wildman–Crippen LogP) is 8.97. The topological polar surface area (TPSA) is 23.8 Å². The van der Waals surface area contributed by atoms with Gasteiger partial charge >= 0.3 is 0 Å². The van der Waals surface area contributed by atoms with E-state index in [4.69, 9.17) is 0 Å². The fourth-order valence-electron chi connectivity index (χ4n) is 7.30. The smallest absolute Gasteiger partial charge is 0.0689 e. The molecule has 4 aliphatic rings. The zero-order valence-electron chi connectivity index (χ0n) is 19.2. The van der Waals surface area contributed by atoms with Gasteiger partial charge in [0.25, 0.3) is 0 Å². The molecule has 0 N–H and O–H groups in total. The summed E-state index contributed by atoms with van der Waals surface area (Å²) < 4.78 is 0. The molecule has 4 saturated carbocycles. The van der Waals surface area contributed by atoms with Crippen LogP contribution in [0.5, 0.6) is 0 Å². The van der Waals surface area contributed by atoms with Crippen LogP contribution < -0.4 is 0 Å². The molecule has 4 aliphatic carbocycles. The Balaban J connectivity index is 1.47. The molecule has 2 bridgehead atoms. The third-order valence-corrected chi connectivity index (χ3v) is 9.58. The molecule has 0 aromatic rings. The number of rotatable bonds is 11. The summed E-state index contributed by atoms with van der Waals surface area (Å²) in [6.07, 6.45) is 27.9. The van der Waals surface area contributed by atoms with Gasteiger partial charge in [-0.1, -0.05) is 65.2 Å². The van der Waals surface area contributed by atoms with Crippen molar-refractivity contribution in [2.24, 2.45) is 22.2 Å². The maximum Gasteiger partial charge on any atom is 0.0689 e. The van der Waals surface area contributed by atoms with E-state index in [1.54, 1.807) is 0 Å². The van der Waals surface area contributed by atoms with Crippen LogP contribution >= 0.6 is 0 Å². The van der Waals surface area contributed by atoms with Gasteiger partial charge in [0.1, 0.15) is 0 Å². The van der Waals surface area contributed by atoms with Crippen molar-refractivity contribution in [2.45, 2.75) is 142 Å². The lowest BCUT2D eigenvalue weighted by Crippen LogP contribution is -2.47. The molecule has 4 rings (SSSR count). The molecule has 0 unspecified atom stereocenters. The van der Waals surface area contributed by atoms with E-state index in [1.807, 2.05) is 0 Å². The molecule has 0 radical (unpaired) electrons. The molecular weight excluding hydrogens is 338 g/mol. The molecule has 0 aromatic carbocycles. The summed E-state index contributed by atoms with van der Waals surface area (Å²) in [6.45, 7) is 4.60. The molecule has 0 saturated heterocycles. The molecular formula is C27H47N. The van der Waals surface area contributed by atoms with E-state index in [2.05, 4.69) is 19.9 Å². The molecule has 160 valence electrons. The summed E-state index contributed by atoms with van der Waals surface area (Å²) >= 11 is 0. The van der Waals surface area contributed by atoms with Gasteiger partial charge in [0, 0.05) is 0 Å². The van der Waals surface area contributed by atoms with E-state index >= 15 is 0 Å². The molecule has 0 heterocycles. The maximum atomic E-state index is 9.93. The van der Waals surface area contributed by atoms with Gasteiger partial charge in [0.15, 0.2) is 0 Å². The fourth-order valence-corrected chi connectivity index (χ4v) is 7.30. The van der Waals surface area contributed by atoms with Crippen molar-refractivity contribution in [3.8, 4) is 6.07 Å². The Morgan fingerprint density at radius 2 is 1.21 bits per heavy atom. The van der Waals surface area contributed by atoms with Crippen LogP contribution in [-0.4, -0.2) is 0 Å². The first kappa shape index (κ1) is 22.2. The first-order chi connectivity index (χ1) is 13.6. The van der Waals surface area contributed by atoms with Crippen molar-refractivity contribution in [2.75, 3.05) is 0 Å². The van der Waals surface area contributed by atoms with Crippen LogP contribution in [-0.2, 0) is 0 Å². The molecule has 28 heavy (non-hydrogen) atoms. The van der Waals surface area contributed by atoms with E-state index < -0.39 is 0 Å². The lowest BCUT2D eigenvalue weighted by Gasteiger charge is -2.58. The van der Waals surface area contributed by atoms with Crippen molar-refractivity contribution in [1.29, 1.82) is 5.26 Å². The molecule has 0 amide bonds. The van der Waals surface area contributed by atoms with Crippen molar-refractivity contribution >= 4 is 0 Å². The number of fused-ring (bicyclic) bond motifs is 3. The average Bonchev–Trinajstić information content (AvgIpc) is 2.76. The first-order valence-electron chi connectivity index (χ1n) is 13.0. The van der Waals surface area contributed by atoms with E-state index in [1.165, 1.54) is 128 Å². The normalized spacial score (nSPS) is 37.7. The van der Waals surface area contributed by atoms with E-state index in [0.717, 1.165) is 11.3 Å². The molecule has 0 aliphatic heterocycles. The summed E-state index contributed by atoms with van der Waals surface area (Å²) in [6, 6.07) is 2.80. The quantitative estimate of drug-likeness (QED) is 0.325. The number of hydrogen-bond acceptors (Lipinski definition) is 1. The van der Waals surface area contributed by atoms with Crippen molar-refractivity contribution in [3.63, 3.8) is 0 Å². The van der Waals surface area contributed by atoms with Crippen LogP contribution in [0.25, 0.3) is 0 Å². The summed E-state index contributed by atoms with van der Waals surface area (Å²) in [7, 11) is 0. The second-order valence-electron chi connectivity index (χ2n) is 11.2. The molecule has 1 heteroatoms. The van der Waals surface area contributed by atoms with Crippen molar-refractivity contribution in [3.05, 3.63) is 0 Å². The number of nitriles is 1. The SMILES string of the molecule is CCCCCCC1(C#N)CCC(C23CCC(CCCCCC)(CC2)CC3)CC1. The Labute approximate surface area is 176 Å². The van der Waals surface area contributed by atoms with Crippen molar-refractivity contribution < 1.29 is 0 Å². The highest BCUT2D eigenvalue weighted by molar-refractivity contribution is 5.07. The minimum absolute atomic E-state index is 0.0350. The number of nitrogens with zero attached hydrogens (tertiary/aromatic N) is 1. The Bertz CT molecular complexity index is 480. The number of unbranched alkanes of at least 4 members (excludes halogenated alkanes) is 6. The standard InChI is InChI=1S/C27H47N/c1-3-5-7-9-13-25-17-20-27(21-18-25,22-19-25)24-11-15-26(23-28,16-12-24)14-10-8-6-4-2/h24H,3-22H2,1-2H3. The van der Waals surface area contributed by atoms with Crippen LogP contribution in [0.1, 0.15) is 142 Å². The van der Waals surface area contributed by atoms with E-state index in [9.17, 15) is 5.26 Å². The molecule has 0 atom stereocenters. The van der Waals surface area contributed by atoms with Gasteiger partial charge in [-0.15, -0.1) is 0 Å². The molecule has 4 fully saturated rings. The first-order valence-corrected chi connectivity index (χ1v) is 13.0. The Hall–Kier alpha value is -0.510. The van der Waals surface area contributed by atoms with Gasteiger partial charge in [-0.25, -0.2) is 0 Å². The van der Waals surface area contributed by atoms with Crippen molar-refractivity contribution in [1.82, 2.24) is 0 Å². The highest BCUT2D eigenvalue weighted by Crippen LogP contribution is 2.64. The van der Waals surface area contributed by atoms with Crippen LogP contribution in [0.2, 0.25) is 0 Å². The number of hydrogen-bond donors (Lipinski definition) is 0. The highest BCUT2D eigenvalue weighted by Gasteiger charge is 2.52. The second kappa shape index (κ2) is 10.00. The third kappa shape index (κ3) is 4.96. The minimum atomic E-state index is 0.0350. The summed E-state index contributed by atoms with van der Waals surface area (Å²) in [5.41, 5.74) is 1.45. The van der Waals surface area contributed by atoms with Gasteiger partial charge in [-0.3, -0.25) is 0 Å². The largest absolute Gasteiger partial charge is 0.198 e. The third-order valence-electron chi connectivity index (χ3n) is 9.58. The zero-order valence-corrected chi connectivity index (χ0v) is 19.2. The van der Waals surface area contributed by atoms with Gasteiger partial charge in [-0.05, 0) is 93.8 Å². The lowest BCUT2D eigenvalue weighted by molar-refractivity contribution is -0.0690. The summed E-state index contributed by atoms with van der Waals surface area (Å²) in [5, 5.41) is 9.93. The van der Waals surface area contributed by atoms with Gasteiger partial charge in [-0.2, -0.15) is 5.26 Å². The predicted molar refractivity (Wildman–Crippen MR) is 120 cm³/mol. The minimum Gasteiger partial charge on any atom is -0.198 e. The lowest BCUT2D eigenvalue weighted by atomic mass is 9.47. The maximum absolute atomic E-state index is 9.93. The molecule has 0 spiro atoms. The Kier molecular flexibility index (Phi) is 7.92. The van der Waals surface area contributed by atoms with E-state index in [-0.39, 0.29) is 5.41 Å². The zero-order chi connectivity index (χ0) is 19.9. The molecule has 0 aromatic heterocycles. The highest BCUT2D eigenvalue weighted by atomic mass is 14.6. The summed E-state index contributed by atoms with van der Waals surface area (Å²) in [4.78, 5) is 0. The van der Waals surface area contributed by atoms with Crippen LogP contribution in [0.4, 0.5) is 0 Å².